The zero-order chi connectivity index (χ0) is 9.35. The van der Waals surface area contributed by atoms with E-state index >= 15 is 0 Å². The van der Waals surface area contributed by atoms with Crippen LogP contribution in [0, 0.1) is 0 Å². The highest BCUT2D eigenvalue weighted by molar-refractivity contribution is 4.86. The van der Waals surface area contributed by atoms with Gasteiger partial charge in [-0.2, -0.15) is 0 Å². The van der Waals surface area contributed by atoms with Crippen molar-refractivity contribution in [3.8, 4) is 0 Å². The lowest BCUT2D eigenvalue weighted by Gasteiger charge is -2.44. The monoisotopic (exact) mass is 171 g/mol. The Kier molecular flexibility index (Phi) is 2.79. The maximum absolute atomic E-state index is 9.44. The van der Waals surface area contributed by atoms with Gasteiger partial charge < -0.3 is 5.11 Å². The van der Waals surface area contributed by atoms with E-state index in [2.05, 4.69) is 32.6 Å². The summed E-state index contributed by atoms with van der Waals surface area (Å²) in [6.45, 7) is 9.95. The second-order valence-electron chi connectivity index (χ2n) is 4.89. The summed E-state index contributed by atoms with van der Waals surface area (Å²) in [6, 6.07) is 0.522. The van der Waals surface area contributed by atoms with Gasteiger partial charge in [0.05, 0.1) is 6.10 Å². The fourth-order valence-corrected chi connectivity index (χ4v) is 2.14. The largest absolute Gasteiger partial charge is 0.393 e. The number of nitrogens with zero attached hydrogens (tertiary/aromatic N) is 1. The molecule has 0 radical (unpaired) electrons. The van der Waals surface area contributed by atoms with E-state index in [1.165, 1.54) is 0 Å². The third kappa shape index (κ3) is 2.20. The molecule has 1 N–H and O–H groups in total. The number of rotatable bonds is 0. The molecule has 0 amide bonds. The summed E-state index contributed by atoms with van der Waals surface area (Å²) in [6.07, 6.45) is 1.79. The zero-order valence-electron chi connectivity index (χ0n) is 8.67. The molecule has 72 valence electrons. The van der Waals surface area contributed by atoms with Crippen LogP contribution in [0.3, 0.4) is 0 Å². The van der Waals surface area contributed by atoms with Gasteiger partial charge >= 0.3 is 0 Å². The van der Waals surface area contributed by atoms with Crippen molar-refractivity contribution in [1.29, 1.82) is 0 Å². The molecule has 12 heavy (non-hydrogen) atoms. The standard InChI is InChI=1S/C10H21NO/c1-8-7-9(12)5-6-11(8)10(2,3)4/h8-9,12H,5-7H2,1-4H3/t8-,9+/m0/s1. The first kappa shape index (κ1) is 10.0. The Hall–Kier alpha value is -0.0800. The second-order valence-corrected chi connectivity index (χ2v) is 4.89. The third-order valence-electron chi connectivity index (χ3n) is 2.71. The van der Waals surface area contributed by atoms with E-state index in [0.29, 0.717) is 6.04 Å². The highest BCUT2D eigenvalue weighted by atomic mass is 16.3. The number of hydrogen-bond acceptors (Lipinski definition) is 2. The van der Waals surface area contributed by atoms with Gasteiger partial charge in [0, 0.05) is 18.1 Å². The van der Waals surface area contributed by atoms with Gasteiger partial charge in [-0.15, -0.1) is 0 Å². The van der Waals surface area contributed by atoms with Crippen LogP contribution in [0.15, 0.2) is 0 Å². The molecule has 1 aliphatic heterocycles. The summed E-state index contributed by atoms with van der Waals surface area (Å²) in [5, 5.41) is 9.44. The highest BCUT2D eigenvalue weighted by Gasteiger charge is 2.31. The van der Waals surface area contributed by atoms with Gasteiger partial charge in [0.25, 0.3) is 0 Å². The molecule has 0 aromatic heterocycles. The Morgan fingerprint density at radius 3 is 2.33 bits per heavy atom. The van der Waals surface area contributed by atoms with Gasteiger partial charge in [0.15, 0.2) is 0 Å². The first-order valence-electron chi connectivity index (χ1n) is 4.86. The topological polar surface area (TPSA) is 23.5 Å². The van der Waals surface area contributed by atoms with Gasteiger partial charge in [-0.3, -0.25) is 4.90 Å². The Morgan fingerprint density at radius 1 is 1.33 bits per heavy atom. The van der Waals surface area contributed by atoms with Crippen LogP contribution in [-0.4, -0.2) is 34.2 Å². The van der Waals surface area contributed by atoms with E-state index in [4.69, 9.17) is 0 Å². The van der Waals surface area contributed by atoms with Crippen molar-refractivity contribution in [2.45, 2.75) is 58.2 Å². The summed E-state index contributed by atoms with van der Waals surface area (Å²) >= 11 is 0. The van der Waals surface area contributed by atoms with E-state index in [-0.39, 0.29) is 11.6 Å². The van der Waals surface area contributed by atoms with Gasteiger partial charge in [-0.05, 0) is 40.5 Å². The Labute approximate surface area is 75.6 Å². The molecule has 1 heterocycles. The molecule has 2 atom stereocenters. The lowest BCUT2D eigenvalue weighted by molar-refractivity contribution is 0.000143. The second kappa shape index (κ2) is 3.35. The minimum atomic E-state index is -0.0707. The molecule has 2 nitrogen and oxygen atoms in total. The Balaban J connectivity index is 2.57. The first-order chi connectivity index (χ1) is 5.41. The van der Waals surface area contributed by atoms with Gasteiger partial charge in [-0.25, -0.2) is 0 Å². The van der Waals surface area contributed by atoms with Crippen LogP contribution in [0.2, 0.25) is 0 Å². The van der Waals surface area contributed by atoms with E-state index in [1.807, 2.05) is 0 Å². The van der Waals surface area contributed by atoms with Crippen LogP contribution >= 0.6 is 0 Å². The van der Waals surface area contributed by atoms with E-state index in [9.17, 15) is 5.11 Å². The van der Waals surface area contributed by atoms with Crippen molar-refractivity contribution >= 4 is 0 Å². The average Bonchev–Trinajstić information content (AvgIpc) is 1.83. The van der Waals surface area contributed by atoms with Crippen LogP contribution in [0.25, 0.3) is 0 Å². The summed E-state index contributed by atoms with van der Waals surface area (Å²) in [5.41, 5.74) is 0.250. The highest BCUT2D eigenvalue weighted by Crippen LogP contribution is 2.25. The maximum atomic E-state index is 9.44. The van der Waals surface area contributed by atoms with Crippen molar-refractivity contribution in [1.82, 2.24) is 4.90 Å². The lowest BCUT2D eigenvalue weighted by Crippen LogP contribution is -2.52. The molecule has 1 rings (SSSR count). The summed E-state index contributed by atoms with van der Waals surface area (Å²) < 4.78 is 0. The Morgan fingerprint density at radius 2 is 1.92 bits per heavy atom. The van der Waals surface area contributed by atoms with Crippen LogP contribution < -0.4 is 0 Å². The van der Waals surface area contributed by atoms with Crippen LogP contribution in [0.4, 0.5) is 0 Å². The number of piperidine rings is 1. The van der Waals surface area contributed by atoms with E-state index in [0.717, 1.165) is 19.4 Å². The minimum absolute atomic E-state index is 0.0707. The average molecular weight is 171 g/mol. The molecule has 1 fully saturated rings. The summed E-state index contributed by atoms with van der Waals surface area (Å²) in [7, 11) is 0. The molecule has 1 aliphatic rings. The van der Waals surface area contributed by atoms with Crippen molar-refractivity contribution in [3.63, 3.8) is 0 Å². The molecule has 0 aromatic carbocycles. The zero-order valence-corrected chi connectivity index (χ0v) is 8.67. The van der Waals surface area contributed by atoms with Crippen molar-refractivity contribution < 1.29 is 5.11 Å². The van der Waals surface area contributed by atoms with Crippen molar-refractivity contribution in [2.75, 3.05) is 6.54 Å². The Bertz CT molecular complexity index is 150. The third-order valence-corrected chi connectivity index (χ3v) is 2.71. The lowest BCUT2D eigenvalue weighted by atomic mass is 9.94. The maximum Gasteiger partial charge on any atom is 0.0567 e. The van der Waals surface area contributed by atoms with Gasteiger partial charge in [0.1, 0.15) is 0 Å². The molecule has 0 bridgehead atoms. The molecule has 0 aromatic rings. The summed E-state index contributed by atoms with van der Waals surface area (Å²) in [4.78, 5) is 2.47. The molecule has 0 unspecified atom stereocenters. The van der Waals surface area contributed by atoms with E-state index < -0.39 is 0 Å². The quantitative estimate of drug-likeness (QED) is 0.599. The smallest absolute Gasteiger partial charge is 0.0567 e. The summed E-state index contributed by atoms with van der Waals surface area (Å²) in [5.74, 6) is 0. The van der Waals surface area contributed by atoms with Crippen molar-refractivity contribution in [3.05, 3.63) is 0 Å². The molecular weight excluding hydrogens is 150 g/mol. The number of aliphatic hydroxyl groups is 1. The molecule has 0 spiro atoms. The fraction of sp³-hybridized carbons (Fsp3) is 1.00. The van der Waals surface area contributed by atoms with Crippen LogP contribution in [-0.2, 0) is 0 Å². The van der Waals surface area contributed by atoms with Crippen LogP contribution in [0.1, 0.15) is 40.5 Å². The number of likely N-dealkylation sites (tertiary alicyclic amines) is 1. The predicted octanol–water partition coefficient (Wildman–Crippen LogP) is 1.63. The van der Waals surface area contributed by atoms with Crippen molar-refractivity contribution in [2.24, 2.45) is 0 Å². The normalized spacial score (nSPS) is 33.8. The molecule has 0 saturated carbocycles. The van der Waals surface area contributed by atoms with Crippen LogP contribution in [0.5, 0.6) is 0 Å². The molecule has 1 saturated heterocycles. The number of hydrogen-bond donors (Lipinski definition) is 1. The van der Waals surface area contributed by atoms with E-state index in [1.54, 1.807) is 0 Å². The predicted molar refractivity (Wildman–Crippen MR) is 51.2 cm³/mol. The van der Waals surface area contributed by atoms with Gasteiger partial charge in [-0.1, -0.05) is 0 Å². The molecular formula is C10H21NO. The first-order valence-corrected chi connectivity index (χ1v) is 4.86. The minimum Gasteiger partial charge on any atom is -0.393 e. The number of aliphatic hydroxyl groups excluding tert-OH is 1. The molecule has 2 heteroatoms. The fourth-order valence-electron chi connectivity index (χ4n) is 2.14. The van der Waals surface area contributed by atoms with Gasteiger partial charge in [0.2, 0.25) is 0 Å². The SMILES string of the molecule is C[C@H]1C[C@H](O)CCN1C(C)(C)C. The molecule has 0 aliphatic carbocycles.